The Morgan fingerprint density at radius 1 is 1.10 bits per heavy atom. The molecule has 0 saturated heterocycles. The highest BCUT2D eigenvalue weighted by molar-refractivity contribution is 5.47. The first-order chi connectivity index (χ1) is 10.3. The van der Waals surface area contributed by atoms with Crippen LogP contribution < -0.4 is 14.8 Å². The number of hydrogen-bond acceptors (Lipinski definition) is 5. The van der Waals surface area contributed by atoms with E-state index in [9.17, 15) is 0 Å². The second-order valence-corrected chi connectivity index (χ2v) is 4.49. The van der Waals surface area contributed by atoms with Crippen LogP contribution in [0.25, 0.3) is 5.65 Å². The van der Waals surface area contributed by atoms with E-state index in [0.29, 0.717) is 6.54 Å². The smallest absolute Gasteiger partial charge is 0.161 e. The van der Waals surface area contributed by atoms with Crippen molar-refractivity contribution in [3.8, 4) is 11.5 Å². The fourth-order valence-electron chi connectivity index (χ4n) is 2.09. The number of benzene rings is 1. The summed E-state index contributed by atoms with van der Waals surface area (Å²) < 4.78 is 12.2. The number of nitrogens with zero attached hydrogens (tertiary/aromatic N) is 3. The average Bonchev–Trinajstić information content (AvgIpc) is 3.00. The van der Waals surface area contributed by atoms with Crippen LogP contribution in [0, 0.1) is 0 Å². The molecule has 2 aromatic heterocycles. The monoisotopic (exact) mass is 284 g/mol. The predicted molar refractivity (Wildman–Crippen MR) is 79.9 cm³/mol. The molecule has 0 saturated carbocycles. The first-order valence-electron chi connectivity index (χ1n) is 6.55. The maximum absolute atomic E-state index is 5.30. The van der Waals surface area contributed by atoms with Crippen molar-refractivity contribution in [2.75, 3.05) is 19.5 Å². The van der Waals surface area contributed by atoms with Crippen LogP contribution >= 0.6 is 0 Å². The van der Waals surface area contributed by atoms with Gasteiger partial charge >= 0.3 is 0 Å². The summed E-state index contributed by atoms with van der Waals surface area (Å²) in [5.41, 5.74) is 1.90. The Labute approximate surface area is 122 Å². The van der Waals surface area contributed by atoms with Crippen molar-refractivity contribution in [1.29, 1.82) is 0 Å². The third kappa shape index (κ3) is 2.74. The van der Waals surface area contributed by atoms with Crippen molar-refractivity contribution in [1.82, 2.24) is 14.6 Å². The number of methoxy groups -OCH3 is 2. The zero-order valence-corrected chi connectivity index (χ0v) is 11.9. The molecule has 3 rings (SSSR count). The highest BCUT2D eigenvalue weighted by Gasteiger charge is 2.05. The molecule has 0 amide bonds. The molecule has 0 unspecified atom stereocenters. The molecule has 2 heterocycles. The van der Waals surface area contributed by atoms with Crippen LogP contribution in [-0.2, 0) is 6.54 Å². The molecule has 0 fully saturated rings. The first kappa shape index (κ1) is 13.2. The van der Waals surface area contributed by atoms with Crippen LogP contribution in [0.2, 0.25) is 0 Å². The van der Waals surface area contributed by atoms with E-state index in [1.807, 2.05) is 36.5 Å². The summed E-state index contributed by atoms with van der Waals surface area (Å²) in [5, 5.41) is 7.40. The van der Waals surface area contributed by atoms with Crippen molar-refractivity contribution in [3.63, 3.8) is 0 Å². The number of aromatic nitrogens is 3. The molecule has 6 heteroatoms. The Morgan fingerprint density at radius 3 is 2.76 bits per heavy atom. The molecule has 21 heavy (non-hydrogen) atoms. The van der Waals surface area contributed by atoms with E-state index < -0.39 is 0 Å². The van der Waals surface area contributed by atoms with E-state index in [1.54, 1.807) is 24.9 Å². The van der Waals surface area contributed by atoms with Gasteiger partial charge in [0.2, 0.25) is 0 Å². The van der Waals surface area contributed by atoms with Gasteiger partial charge in [-0.25, -0.2) is 9.50 Å². The lowest BCUT2D eigenvalue weighted by Crippen LogP contribution is -2.03. The van der Waals surface area contributed by atoms with E-state index in [-0.39, 0.29) is 0 Å². The zero-order valence-electron chi connectivity index (χ0n) is 11.9. The summed E-state index contributed by atoms with van der Waals surface area (Å²) in [7, 11) is 3.25. The minimum absolute atomic E-state index is 0.650. The van der Waals surface area contributed by atoms with Gasteiger partial charge in [-0.15, -0.1) is 0 Å². The standard InChI is InChI=1S/C15H16N4O2/c1-20-12-4-3-11(9-13(12)21-2)10-16-14-6-8-19-15(18-14)5-7-17-19/h3-9H,10H2,1-2H3,(H,16,18). The molecular formula is C15H16N4O2. The van der Waals surface area contributed by atoms with Gasteiger partial charge < -0.3 is 14.8 Å². The number of anilines is 1. The number of fused-ring (bicyclic) bond motifs is 1. The Kier molecular flexibility index (Phi) is 3.59. The van der Waals surface area contributed by atoms with E-state index in [0.717, 1.165) is 28.5 Å². The molecule has 0 spiro atoms. The van der Waals surface area contributed by atoms with E-state index in [2.05, 4.69) is 15.4 Å². The lowest BCUT2D eigenvalue weighted by atomic mass is 10.2. The SMILES string of the molecule is COc1ccc(CNc2ccn3nccc3n2)cc1OC. The summed E-state index contributed by atoms with van der Waals surface area (Å²) in [6.07, 6.45) is 3.60. The Balaban J connectivity index is 1.74. The number of rotatable bonds is 5. The molecule has 108 valence electrons. The highest BCUT2D eigenvalue weighted by atomic mass is 16.5. The Morgan fingerprint density at radius 2 is 1.95 bits per heavy atom. The third-order valence-corrected chi connectivity index (χ3v) is 3.18. The summed E-state index contributed by atoms with van der Waals surface area (Å²) in [5.74, 6) is 2.24. The van der Waals surface area contributed by atoms with Gasteiger partial charge in [-0.3, -0.25) is 0 Å². The van der Waals surface area contributed by atoms with Crippen LogP contribution in [0.15, 0.2) is 42.7 Å². The van der Waals surface area contributed by atoms with Crippen LogP contribution in [0.1, 0.15) is 5.56 Å². The van der Waals surface area contributed by atoms with Crippen molar-refractivity contribution >= 4 is 11.5 Å². The van der Waals surface area contributed by atoms with Gasteiger partial charge in [0.05, 0.1) is 20.4 Å². The topological polar surface area (TPSA) is 60.7 Å². The average molecular weight is 284 g/mol. The van der Waals surface area contributed by atoms with Gasteiger partial charge in [-0.1, -0.05) is 6.07 Å². The van der Waals surface area contributed by atoms with E-state index in [1.165, 1.54) is 0 Å². The van der Waals surface area contributed by atoms with Gasteiger partial charge in [0.1, 0.15) is 5.82 Å². The normalized spacial score (nSPS) is 10.6. The molecule has 6 nitrogen and oxygen atoms in total. The maximum Gasteiger partial charge on any atom is 0.161 e. The van der Waals surface area contributed by atoms with E-state index >= 15 is 0 Å². The largest absolute Gasteiger partial charge is 0.493 e. The molecule has 1 N–H and O–H groups in total. The second-order valence-electron chi connectivity index (χ2n) is 4.49. The minimum atomic E-state index is 0.650. The van der Waals surface area contributed by atoms with Crippen LogP contribution in [0.3, 0.4) is 0 Å². The molecule has 0 atom stereocenters. The fourth-order valence-corrected chi connectivity index (χ4v) is 2.09. The third-order valence-electron chi connectivity index (χ3n) is 3.18. The highest BCUT2D eigenvalue weighted by Crippen LogP contribution is 2.27. The Bertz CT molecular complexity index is 754. The summed E-state index contributed by atoms with van der Waals surface area (Å²) in [4.78, 5) is 4.46. The zero-order chi connectivity index (χ0) is 14.7. The Hall–Kier alpha value is -2.76. The van der Waals surface area contributed by atoms with Gasteiger partial charge in [0.25, 0.3) is 0 Å². The van der Waals surface area contributed by atoms with Crippen LogP contribution in [0.4, 0.5) is 5.82 Å². The van der Waals surface area contributed by atoms with Gasteiger partial charge in [0, 0.05) is 18.8 Å². The quantitative estimate of drug-likeness (QED) is 0.779. The van der Waals surface area contributed by atoms with Crippen LogP contribution in [-0.4, -0.2) is 28.8 Å². The molecule has 1 aromatic carbocycles. The second kappa shape index (κ2) is 5.70. The lowest BCUT2D eigenvalue weighted by molar-refractivity contribution is 0.354. The number of hydrogen-bond donors (Lipinski definition) is 1. The minimum Gasteiger partial charge on any atom is -0.493 e. The maximum atomic E-state index is 5.30. The lowest BCUT2D eigenvalue weighted by Gasteiger charge is -2.10. The van der Waals surface area contributed by atoms with Crippen molar-refractivity contribution in [3.05, 3.63) is 48.3 Å². The van der Waals surface area contributed by atoms with Crippen molar-refractivity contribution in [2.24, 2.45) is 0 Å². The fraction of sp³-hybridized carbons (Fsp3) is 0.200. The molecule has 0 aliphatic carbocycles. The summed E-state index contributed by atoms with van der Waals surface area (Å²) >= 11 is 0. The van der Waals surface area contributed by atoms with Crippen LogP contribution in [0.5, 0.6) is 11.5 Å². The molecule has 0 aliphatic heterocycles. The molecule has 0 aliphatic rings. The number of nitrogens with one attached hydrogen (secondary N) is 1. The first-order valence-corrected chi connectivity index (χ1v) is 6.55. The van der Waals surface area contributed by atoms with Gasteiger partial charge in [-0.2, -0.15) is 5.10 Å². The molecule has 0 radical (unpaired) electrons. The van der Waals surface area contributed by atoms with Gasteiger partial charge in [-0.05, 0) is 23.8 Å². The van der Waals surface area contributed by atoms with E-state index in [4.69, 9.17) is 9.47 Å². The summed E-state index contributed by atoms with van der Waals surface area (Å²) in [6.45, 7) is 0.650. The predicted octanol–water partition coefficient (Wildman–Crippen LogP) is 2.36. The molecule has 3 aromatic rings. The molecular weight excluding hydrogens is 268 g/mol. The van der Waals surface area contributed by atoms with Crippen molar-refractivity contribution < 1.29 is 9.47 Å². The van der Waals surface area contributed by atoms with Crippen molar-refractivity contribution in [2.45, 2.75) is 6.54 Å². The molecule has 0 bridgehead atoms. The summed E-state index contributed by atoms with van der Waals surface area (Å²) in [6, 6.07) is 9.58. The van der Waals surface area contributed by atoms with Gasteiger partial charge in [0.15, 0.2) is 17.1 Å². The number of ether oxygens (including phenoxy) is 2.